The molecule has 4 rings (SSSR count). The number of hydrogen-bond acceptors (Lipinski definition) is 6. The lowest BCUT2D eigenvalue weighted by atomic mass is 10.0. The van der Waals surface area contributed by atoms with Crippen LogP contribution in [0.25, 0.3) is 0 Å². The molecule has 4 aromatic rings. The summed E-state index contributed by atoms with van der Waals surface area (Å²) in [7, 11) is -1.35. The molecule has 48 heavy (non-hydrogen) atoms. The average molecular weight is 692 g/mol. The average Bonchev–Trinajstić information content (AvgIpc) is 3.09. The number of hydrogen-bond donors (Lipinski definition) is 1. The maximum absolute atomic E-state index is 14.7. The summed E-state index contributed by atoms with van der Waals surface area (Å²) in [5.74, 6) is -0.223. The van der Waals surface area contributed by atoms with Crippen molar-refractivity contribution in [2.24, 2.45) is 0 Å². The second-order valence-corrected chi connectivity index (χ2v) is 13.8. The number of anilines is 1. The summed E-state index contributed by atoms with van der Waals surface area (Å²) in [6, 6.07) is 26.4. The number of sulfonamides is 1. The predicted octanol–water partition coefficient (Wildman–Crippen LogP) is 6.42. The lowest BCUT2D eigenvalue weighted by Gasteiger charge is -2.34. The smallest absolute Gasteiger partial charge is 0.264 e. The zero-order valence-electron chi connectivity index (χ0n) is 27.9. The number of methoxy groups -OCH3 is 2. The fraction of sp³-hybridized carbons (Fsp3) is 0.297. The molecule has 0 heterocycles. The maximum atomic E-state index is 14.7. The Morgan fingerprint density at radius 3 is 2.10 bits per heavy atom. The molecule has 0 radical (unpaired) electrons. The van der Waals surface area contributed by atoms with E-state index in [1.54, 1.807) is 48.5 Å². The minimum atomic E-state index is -4.28. The molecule has 9 nitrogen and oxygen atoms in total. The van der Waals surface area contributed by atoms with Gasteiger partial charge in [-0.05, 0) is 67.8 Å². The number of rotatable bonds is 15. The Morgan fingerprint density at radius 2 is 1.50 bits per heavy atom. The standard InChI is InChI=1S/C37H42ClN3O6S/c1-6-27(3)39-37(43)33(22-28-10-8-7-9-11-28)40(24-29-14-16-30(38)17-15-29)36(42)25-41(31-18-21-34(46-4)35(23-31)47-5)48(44,45)32-19-12-26(2)13-20-32/h7-21,23,27,33H,6,22,24-25H2,1-5H3,(H,39,43)/t27-,33-/m1/s1. The number of ether oxygens (including phenoxy) is 2. The van der Waals surface area contributed by atoms with E-state index in [2.05, 4.69) is 5.32 Å². The first-order valence-corrected chi connectivity index (χ1v) is 17.5. The Bertz CT molecular complexity index is 1780. The number of nitrogens with zero attached hydrogens (tertiary/aromatic N) is 2. The van der Waals surface area contributed by atoms with Crippen LogP contribution in [-0.2, 0) is 32.6 Å². The van der Waals surface area contributed by atoms with Crippen molar-refractivity contribution in [3.8, 4) is 11.5 Å². The number of carbonyl (C=O) groups excluding carboxylic acids is 2. The molecule has 4 aromatic carbocycles. The Kier molecular flexibility index (Phi) is 12.5. The SMILES string of the molecule is CC[C@@H](C)NC(=O)[C@@H](Cc1ccccc1)N(Cc1ccc(Cl)cc1)C(=O)CN(c1ccc(OC)c(OC)c1)S(=O)(=O)c1ccc(C)cc1. The number of amides is 2. The van der Waals surface area contributed by atoms with Gasteiger partial charge >= 0.3 is 0 Å². The van der Waals surface area contributed by atoms with E-state index in [4.69, 9.17) is 21.1 Å². The Hall–Kier alpha value is -4.54. The van der Waals surface area contributed by atoms with Crippen molar-refractivity contribution in [1.82, 2.24) is 10.2 Å². The second kappa shape index (κ2) is 16.5. The summed E-state index contributed by atoms with van der Waals surface area (Å²) in [6.45, 7) is 5.16. The summed E-state index contributed by atoms with van der Waals surface area (Å²) in [5.41, 5.74) is 2.64. The van der Waals surface area contributed by atoms with E-state index in [0.29, 0.717) is 22.9 Å². The molecule has 0 aliphatic heterocycles. The summed E-state index contributed by atoms with van der Waals surface area (Å²) >= 11 is 6.17. The highest BCUT2D eigenvalue weighted by Gasteiger charge is 2.35. The molecule has 2 amide bonds. The summed E-state index contributed by atoms with van der Waals surface area (Å²) in [6.07, 6.45) is 0.903. The van der Waals surface area contributed by atoms with Crippen molar-refractivity contribution in [3.05, 3.63) is 119 Å². The van der Waals surface area contributed by atoms with Gasteiger partial charge in [0.15, 0.2) is 11.5 Å². The van der Waals surface area contributed by atoms with Crippen LogP contribution >= 0.6 is 11.6 Å². The van der Waals surface area contributed by atoms with Crippen LogP contribution in [0.15, 0.2) is 102 Å². The van der Waals surface area contributed by atoms with Crippen LogP contribution < -0.4 is 19.1 Å². The first-order chi connectivity index (χ1) is 23.0. The van der Waals surface area contributed by atoms with E-state index in [1.807, 2.05) is 51.1 Å². The van der Waals surface area contributed by atoms with Gasteiger partial charge in [-0.15, -0.1) is 0 Å². The van der Waals surface area contributed by atoms with E-state index in [1.165, 1.54) is 37.3 Å². The molecule has 2 atom stereocenters. The first-order valence-electron chi connectivity index (χ1n) is 15.7. The molecule has 1 N–H and O–H groups in total. The summed E-state index contributed by atoms with van der Waals surface area (Å²) in [4.78, 5) is 30.1. The Balaban J connectivity index is 1.84. The third kappa shape index (κ3) is 9.08. The molecule has 0 spiro atoms. The number of carbonyl (C=O) groups is 2. The molecule has 0 aliphatic carbocycles. The van der Waals surface area contributed by atoms with E-state index in [9.17, 15) is 18.0 Å². The molecule has 0 saturated heterocycles. The van der Waals surface area contributed by atoms with Crippen molar-refractivity contribution in [1.29, 1.82) is 0 Å². The van der Waals surface area contributed by atoms with Gasteiger partial charge in [0.2, 0.25) is 11.8 Å². The van der Waals surface area contributed by atoms with Gasteiger partial charge in [0.1, 0.15) is 12.6 Å². The predicted molar refractivity (Wildman–Crippen MR) is 189 cm³/mol. The third-order valence-electron chi connectivity index (χ3n) is 8.08. The van der Waals surface area contributed by atoms with Crippen LogP contribution in [0.1, 0.15) is 37.0 Å². The third-order valence-corrected chi connectivity index (χ3v) is 10.1. The highest BCUT2D eigenvalue weighted by atomic mass is 35.5. The maximum Gasteiger partial charge on any atom is 0.264 e. The van der Waals surface area contributed by atoms with Crippen LogP contribution in [0.5, 0.6) is 11.5 Å². The van der Waals surface area contributed by atoms with Gasteiger partial charge in [0.25, 0.3) is 10.0 Å². The summed E-state index contributed by atoms with van der Waals surface area (Å²) < 4.78 is 40.5. The van der Waals surface area contributed by atoms with Crippen LogP contribution in [0.3, 0.4) is 0 Å². The zero-order chi connectivity index (χ0) is 34.8. The van der Waals surface area contributed by atoms with Gasteiger partial charge in [0.05, 0.1) is 24.8 Å². The van der Waals surface area contributed by atoms with Crippen LogP contribution in [-0.4, -0.2) is 58.0 Å². The van der Waals surface area contributed by atoms with Gasteiger partial charge in [-0.1, -0.05) is 78.7 Å². The normalized spacial score (nSPS) is 12.5. The Labute approximate surface area is 288 Å². The lowest BCUT2D eigenvalue weighted by molar-refractivity contribution is -0.140. The van der Waals surface area contributed by atoms with E-state index in [-0.39, 0.29) is 35.5 Å². The molecular formula is C37H42ClN3O6S. The molecular weight excluding hydrogens is 650 g/mol. The van der Waals surface area contributed by atoms with Crippen molar-refractivity contribution in [2.45, 2.75) is 57.1 Å². The number of nitrogens with one attached hydrogen (secondary N) is 1. The highest BCUT2D eigenvalue weighted by Crippen LogP contribution is 2.34. The summed E-state index contributed by atoms with van der Waals surface area (Å²) in [5, 5.41) is 3.56. The van der Waals surface area contributed by atoms with Crippen molar-refractivity contribution in [2.75, 3.05) is 25.1 Å². The molecule has 0 unspecified atom stereocenters. The van der Waals surface area contributed by atoms with Crippen molar-refractivity contribution >= 4 is 39.1 Å². The van der Waals surface area contributed by atoms with Gasteiger partial charge in [-0.2, -0.15) is 0 Å². The fourth-order valence-corrected chi connectivity index (χ4v) is 6.66. The number of aryl methyl sites for hydroxylation is 1. The minimum Gasteiger partial charge on any atom is -0.493 e. The topological polar surface area (TPSA) is 105 Å². The number of halogens is 1. The van der Waals surface area contributed by atoms with Crippen LogP contribution in [0.4, 0.5) is 5.69 Å². The van der Waals surface area contributed by atoms with E-state index >= 15 is 0 Å². The largest absolute Gasteiger partial charge is 0.493 e. The van der Waals surface area contributed by atoms with Gasteiger partial charge in [0, 0.05) is 30.1 Å². The molecule has 0 aliphatic rings. The molecule has 11 heteroatoms. The fourth-order valence-electron chi connectivity index (χ4n) is 5.13. The van der Waals surface area contributed by atoms with Crippen LogP contribution in [0.2, 0.25) is 5.02 Å². The van der Waals surface area contributed by atoms with Gasteiger partial charge in [-0.25, -0.2) is 8.42 Å². The highest BCUT2D eigenvalue weighted by molar-refractivity contribution is 7.92. The van der Waals surface area contributed by atoms with E-state index in [0.717, 1.165) is 21.0 Å². The zero-order valence-corrected chi connectivity index (χ0v) is 29.4. The molecule has 0 bridgehead atoms. The Morgan fingerprint density at radius 1 is 0.854 bits per heavy atom. The minimum absolute atomic E-state index is 0.00952. The molecule has 0 saturated carbocycles. The van der Waals surface area contributed by atoms with Crippen molar-refractivity contribution < 1.29 is 27.5 Å². The van der Waals surface area contributed by atoms with Gasteiger partial charge in [-0.3, -0.25) is 13.9 Å². The lowest BCUT2D eigenvalue weighted by Crippen LogP contribution is -2.54. The molecule has 0 fully saturated rings. The quantitative estimate of drug-likeness (QED) is 0.154. The van der Waals surface area contributed by atoms with Crippen molar-refractivity contribution in [3.63, 3.8) is 0 Å². The van der Waals surface area contributed by atoms with E-state index < -0.39 is 28.5 Å². The van der Waals surface area contributed by atoms with Gasteiger partial charge < -0.3 is 19.7 Å². The second-order valence-electron chi connectivity index (χ2n) is 11.5. The number of benzene rings is 4. The first kappa shape index (κ1) is 36.3. The van der Waals surface area contributed by atoms with Crippen LogP contribution in [0, 0.1) is 6.92 Å². The molecule has 0 aromatic heterocycles. The monoisotopic (exact) mass is 691 g/mol. The molecule has 254 valence electrons.